The smallest absolute Gasteiger partial charge is 0.239 e. The van der Waals surface area contributed by atoms with Gasteiger partial charge < -0.3 is 16.0 Å². The molecule has 1 heterocycles. The molecule has 0 bridgehead atoms. The van der Waals surface area contributed by atoms with Crippen LogP contribution in [0.1, 0.15) is 70.3 Å². The van der Waals surface area contributed by atoms with Crippen molar-refractivity contribution in [2.45, 2.75) is 77.2 Å². The number of rotatable bonds is 8. The van der Waals surface area contributed by atoms with Crippen LogP contribution in [0, 0.1) is 17.2 Å². The molecular formula is C25H38FN3O2. The number of carbonyl (C=O) groups excluding carboxylic acids is 2. The van der Waals surface area contributed by atoms with Gasteiger partial charge in [0.25, 0.3) is 0 Å². The van der Waals surface area contributed by atoms with E-state index in [4.69, 9.17) is 5.73 Å². The quantitative estimate of drug-likeness (QED) is 0.615. The minimum atomic E-state index is -0.647. The minimum absolute atomic E-state index is 0.0760. The molecule has 3 N–H and O–H groups in total. The molecule has 0 unspecified atom stereocenters. The summed E-state index contributed by atoms with van der Waals surface area (Å²) in [6, 6.07) is 5.48. The summed E-state index contributed by atoms with van der Waals surface area (Å²) in [5.41, 5.74) is 6.70. The predicted octanol–water partition coefficient (Wildman–Crippen LogP) is 3.80. The van der Waals surface area contributed by atoms with Crippen LogP contribution in [0.4, 0.5) is 4.39 Å². The van der Waals surface area contributed by atoms with Gasteiger partial charge in [0.15, 0.2) is 0 Å². The second kappa shape index (κ2) is 11.1. The van der Waals surface area contributed by atoms with Crippen LogP contribution < -0.4 is 11.1 Å². The van der Waals surface area contributed by atoms with Gasteiger partial charge >= 0.3 is 0 Å². The summed E-state index contributed by atoms with van der Waals surface area (Å²) in [6.07, 6.45) is 9.74. The zero-order valence-electron chi connectivity index (χ0n) is 18.9. The first kappa shape index (κ1) is 23.7. The highest BCUT2D eigenvalue weighted by molar-refractivity contribution is 5.85. The molecule has 2 amide bonds. The van der Waals surface area contributed by atoms with Crippen LogP contribution in [0.2, 0.25) is 0 Å². The van der Waals surface area contributed by atoms with Gasteiger partial charge in [-0.05, 0) is 62.1 Å². The highest BCUT2D eigenvalue weighted by atomic mass is 19.1. The summed E-state index contributed by atoms with van der Waals surface area (Å²) < 4.78 is 13.1. The number of piperidine rings is 1. The zero-order valence-corrected chi connectivity index (χ0v) is 18.9. The van der Waals surface area contributed by atoms with Crippen LogP contribution >= 0.6 is 0 Å². The van der Waals surface area contributed by atoms with E-state index in [2.05, 4.69) is 12.2 Å². The van der Waals surface area contributed by atoms with Crippen LogP contribution in [0.3, 0.4) is 0 Å². The first-order valence-corrected chi connectivity index (χ1v) is 12.0. The Morgan fingerprint density at radius 2 is 1.81 bits per heavy atom. The largest absolute Gasteiger partial charge is 0.356 e. The van der Waals surface area contributed by atoms with Gasteiger partial charge in [-0.2, -0.15) is 0 Å². The number of nitrogens with zero attached hydrogens (tertiary/aromatic N) is 1. The summed E-state index contributed by atoms with van der Waals surface area (Å²) in [5.74, 6) is 0.229. The second-order valence-corrected chi connectivity index (χ2v) is 9.36. The number of amides is 2. The van der Waals surface area contributed by atoms with Crippen molar-refractivity contribution in [3.63, 3.8) is 0 Å². The average Bonchev–Trinajstić information content (AvgIpc) is 2.80. The first-order chi connectivity index (χ1) is 15.0. The van der Waals surface area contributed by atoms with E-state index in [1.807, 2.05) is 4.90 Å². The normalized spacial score (nSPS) is 20.3. The Balaban J connectivity index is 1.62. The topological polar surface area (TPSA) is 75.4 Å². The van der Waals surface area contributed by atoms with Gasteiger partial charge in [-0.1, -0.05) is 44.7 Å². The highest BCUT2D eigenvalue weighted by Crippen LogP contribution is 2.46. The molecule has 0 spiro atoms. The van der Waals surface area contributed by atoms with E-state index in [1.54, 1.807) is 12.1 Å². The molecule has 1 aliphatic carbocycles. The molecular weight excluding hydrogens is 393 g/mol. The van der Waals surface area contributed by atoms with Gasteiger partial charge in [-0.3, -0.25) is 9.59 Å². The Kier molecular flexibility index (Phi) is 8.47. The van der Waals surface area contributed by atoms with E-state index in [1.165, 1.54) is 31.4 Å². The number of carbonyl (C=O) groups is 2. The molecule has 31 heavy (non-hydrogen) atoms. The maximum Gasteiger partial charge on any atom is 0.239 e. The molecule has 1 aromatic rings. The van der Waals surface area contributed by atoms with Crippen molar-refractivity contribution in [2.75, 3.05) is 19.6 Å². The van der Waals surface area contributed by atoms with E-state index < -0.39 is 6.04 Å². The number of unbranched alkanes of at least 4 members (excludes halogenated alkanes) is 1. The van der Waals surface area contributed by atoms with Crippen LogP contribution in [-0.2, 0) is 16.0 Å². The molecule has 0 radical (unpaired) electrons. The third kappa shape index (κ3) is 5.85. The van der Waals surface area contributed by atoms with Crippen LogP contribution in [0.15, 0.2) is 24.3 Å². The van der Waals surface area contributed by atoms with E-state index in [-0.39, 0.29) is 23.0 Å². The summed E-state index contributed by atoms with van der Waals surface area (Å²) >= 11 is 0. The van der Waals surface area contributed by atoms with Gasteiger partial charge in [0, 0.05) is 19.6 Å². The van der Waals surface area contributed by atoms with Crippen molar-refractivity contribution in [3.05, 3.63) is 35.6 Å². The lowest BCUT2D eigenvalue weighted by atomic mass is 9.63. The molecule has 0 aromatic heterocycles. The van der Waals surface area contributed by atoms with E-state index >= 15 is 0 Å². The molecule has 6 heteroatoms. The fourth-order valence-electron chi connectivity index (χ4n) is 5.35. The second-order valence-electron chi connectivity index (χ2n) is 9.36. The van der Waals surface area contributed by atoms with Gasteiger partial charge in [0.2, 0.25) is 11.8 Å². The monoisotopic (exact) mass is 431 g/mol. The molecule has 5 nitrogen and oxygen atoms in total. The number of likely N-dealkylation sites (tertiary alicyclic amines) is 1. The maximum absolute atomic E-state index is 13.3. The Labute approximate surface area is 185 Å². The molecule has 1 saturated heterocycles. The summed E-state index contributed by atoms with van der Waals surface area (Å²) in [5, 5.41) is 3.20. The van der Waals surface area contributed by atoms with Crippen molar-refractivity contribution in [3.8, 4) is 0 Å². The third-order valence-corrected chi connectivity index (χ3v) is 7.31. The Hall–Kier alpha value is -1.95. The van der Waals surface area contributed by atoms with E-state index in [0.717, 1.165) is 37.8 Å². The molecule has 172 valence electrons. The van der Waals surface area contributed by atoms with Crippen molar-refractivity contribution in [1.29, 1.82) is 0 Å². The van der Waals surface area contributed by atoms with E-state index in [9.17, 15) is 14.0 Å². The lowest BCUT2D eigenvalue weighted by molar-refractivity contribution is -0.145. The average molecular weight is 432 g/mol. The third-order valence-electron chi connectivity index (χ3n) is 7.31. The number of hydrogen-bond acceptors (Lipinski definition) is 3. The lowest BCUT2D eigenvalue weighted by Gasteiger charge is -2.47. The van der Waals surface area contributed by atoms with Crippen LogP contribution in [0.5, 0.6) is 0 Å². The van der Waals surface area contributed by atoms with E-state index in [0.29, 0.717) is 38.3 Å². The summed E-state index contributed by atoms with van der Waals surface area (Å²) in [4.78, 5) is 28.1. The number of benzene rings is 1. The van der Waals surface area contributed by atoms with Crippen molar-refractivity contribution >= 4 is 11.8 Å². The minimum Gasteiger partial charge on any atom is -0.356 e. The molecule has 1 atom stereocenters. The van der Waals surface area contributed by atoms with Gasteiger partial charge in [0.05, 0.1) is 11.5 Å². The number of halogens is 1. The summed E-state index contributed by atoms with van der Waals surface area (Å²) in [6.45, 7) is 4.01. The standard InChI is InChI=1S/C25H38FN3O2/c1-2-3-15-28-24(31)25(20-7-5-4-6-8-20)13-16-29(17-14-25)23(30)22(27)18-19-9-11-21(26)12-10-19/h9-12,20,22H,2-8,13-18,27H2,1H3,(H,28,31)/t22-/m1/s1. The van der Waals surface area contributed by atoms with Crippen molar-refractivity contribution in [1.82, 2.24) is 10.2 Å². The van der Waals surface area contributed by atoms with Gasteiger partial charge in [0.1, 0.15) is 5.82 Å². The molecule has 1 aromatic carbocycles. The fraction of sp³-hybridized carbons (Fsp3) is 0.680. The number of nitrogens with two attached hydrogens (primary N) is 1. The Morgan fingerprint density at radius 1 is 1.16 bits per heavy atom. The predicted molar refractivity (Wildman–Crippen MR) is 121 cm³/mol. The molecule has 3 rings (SSSR count). The Bertz CT molecular complexity index is 723. The first-order valence-electron chi connectivity index (χ1n) is 12.0. The molecule has 2 aliphatic rings. The molecule has 1 aliphatic heterocycles. The highest BCUT2D eigenvalue weighted by Gasteiger charge is 2.48. The lowest BCUT2D eigenvalue weighted by Crippen LogP contribution is -2.56. The molecule has 1 saturated carbocycles. The molecule has 2 fully saturated rings. The fourth-order valence-corrected chi connectivity index (χ4v) is 5.35. The maximum atomic E-state index is 13.3. The summed E-state index contributed by atoms with van der Waals surface area (Å²) in [7, 11) is 0. The number of nitrogens with one attached hydrogen (secondary N) is 1. The zero-order chi connectivity index (χ0) is 22.3. The van der Waals surface area contributed by atoms with Gasteiger partial charge in [-0.15, -0.1) is 0 Å². The number of hydrogen-bond donors (Lipinski definition) is 2. The van der Waals surface area contributed by atoms with Crippen molar-refractivity contribution < 1.29 is 14.0 Å². The van der Waals surface area contributed by atoms with Crippen molar-refractivity contribution in [2.24, 2.45) is 17.1 Å². The van der Waals surface area contributed by atoms with Crippen LogP contribution in [0.25, 0.3) is 0 Å². The Morgan fingerprint density at radius 3 is 2.42 bits per heavy atom. The van der Waals surface area contributed by atoms with Crippen LogP contribution in [-0.4, -0.2) is 42.4 Å². The van der Waals surface area contributed by atoms with Gasteiger partial charge in [-0.25, -0.2) is 4.39 Å². The SMILES string of the molecule is CCCCNC(=O)C1(C2CCCCC2)CCN(C(=O)[C@H](N)Cc2ccc(F)cc2)CC1.